The van der Waals surface area contributed by atoms with Gasteiger partial charge in [0.05, 0.1) is 0 Å². The lowest BCUT2D eigenvalue weighted by Gasteiger charge is -1.78. The van der Waals surface area contributed by atoms with Crippen molar-refractivity contribution in [3.05, 3.63) is 0 Å². The summed E-state index contributed by atoms with van der Waals surface area (Å²) in [7, 11) is -1.83. The zero-order valence-electron chi connectivity index (χ0n) is 7.17. The van der Waals surface area contributed by atoms with Crippen LogP contribution >= 0.6 is 24.2 Å². The molecule has 0 fully saturated rings. The fraction of sp³-hybridized carbons (Fsp3) is 1.00. The van der Waals surface area contributed by atoms with Gasteiger partial charge in [0, 0.05) is 9.90 Å². The highest BCUT2D eigenvalue weighted by molar-refractivity contribution is 9.09. The van der Waals surface area contributed by atoms with Crippen LogP contribution in [-0.4, -0.2) is 18.5 Å². The summed E-state index contributed by atoms with van der Waals surface area (Å²) >= 11 is 3.15. The molecule has 0 saturated carbocycles. The first-order chi connectivity index (χ1) is 5.22. The van der Waals surface area contributed by atoms with Crippen molar-refractivity contribution in [1.82, 2.24) is 0 Å². The average Bonchev–Trinajstić information content (AvgIpc) is 1.90. The second-order valence-corrected chi connectivity index (χ2v) is 3.41. The molecule has 0 saturated heterocycles. The minimum Gasteiger partial charge on any atom is -0.119 e. The first kappa shape index (κ1) is 14.0. The first-order valence-electron chi connectivity index (χ1n) is 3.51. The van der Waals surface area contributed by atoms with Crippen LogP contribution < -0.4 is 0 Å². The molecule has 68 valence electrons. The maximum Gasteiger partial charge on any atom is 0.697 e. The van der Waals surface area contributed by atoms with Crippen molar-refractivity contribution in [2.24, 2.45) is 0 Å². The van der Waals surface area contributed by atoms with Gasteiger partial charge >= 0.3 is 8.25 Å². The van der Waals surface area contributed by atoms with Crippen LogP contribution in [0.2, 0.25) is 0 Å². The molecule has 0 spiro atoms. The molecule has 11 heavy (non-hydrogen) atoms. The number of halogens is 1. The molecule has 0 unspecified atom stereocenters. The van der Waals surface area contributed by atoms with Crippen molar-refractivity contribution < 1.29 is 13.6 Å². The van der Waals surface area contributed by atoms with E-state index in [0.717, 1.165) is 5.33 Å². The number of alkyl halides is 1. The van der Waals surface area contributed by atoms with Gasteiger partial charge in [-0.2, -0.15) is 0 Å². The largest absolute Gasteiger partial charge is 0.697 e. The van der Waals surface area contributed by atoms with Gasteiger partial charge in [-0.3, -0.25) is 0 Å². The molecule has 0 heterocycles. The second-order valence-electron chi connectivity index (χ2n) is 1.33. The predicted molar refractivity (Wildman–Crippen MR) is 50.3 cm³/mol. The van der Waals surface area contributed by atoms with E-state index in [9.17, 15) is 4.57 Å². The Labute approximate surface area is 77.5 Å². The van der Waals surface area contributed by atoms with Gasteiger partial charge in [0.1, 0.15) is 13.2 Å². The fourth-order valence-electron chi connectivity index (χ4n) is 0.248. The van der Waals surface area contributed by atoms with E-state index in [2.05, 4.69) is 25.0 Å². The predicted octanol–water partition coefficient (Wildman–Crippen LogP) is 3.12. The molecule has 0 N–H and O–H groups in total. The van der Waals surface area contributed by atoms with E-state index >= 15 is 0 Å². The molecule has 0 aliphatic heterocycles. The lowest BCUT2D eigenvalue weighted by molar-refractivity contribution is 0.243. The van der Waals surface area contributed by atoms with E-state index in [1.165, 1.54) is 0 Å². The molecule has 0 aliphatic carbocycles. The van der Waals surface area contributed by atoms with Crippen LogP contribution in [0.15, 0.2) is 0 Å². The van der Waals surface area contributed by atoms with Gasteiger partial charge in [-0.1, -0.05) is 22.9 Å². The van der Waals surface area contributed by atoms with E-state index in [1.807, 2.05) is 6.92 Å². The summed E-state index contributed by atoms with van der Waals surface area (Å²) in [6.45, 7) is 6.46. The zero-order valence-corrected chi connectivity index (χ0v) is 9.65. The van der Waals surface area contributed by atoms with Crippen LogP contribution in [0.3, 0.4) is 0 Å². The minimum atomic E-state index is -1.83. The number of hydrogen-bond donors (Lipinski definition) is 0. The Balaban J connectivity index is 0. The molecular formula is C6H15BrO3P+. The summed E-state index contributed by atoms with van der Waals surface area (Å²) in [6, 6.07) is 0. The van der Waals surface area contributed by atoms with Crippen LogP contribution in [-0.2, 0) is 13.6 Å². The lowest BCUT2D eigenvalue weighted by Crippen LogP contribution is -1.81. The Kier molecular flexibility index (Phi) is 16.8. The summed E-state index contributed by atoms with van der Waals surface area (Å²) in [5, 5.41) is 1.06. The highest BCUT2D eigenvalue weighted by Gasteiger charge is 2.15. The maximum atomic E-state index is 10.3. The van der Waals surface area contributed by atoms with Crippen LogP contribution in [0.25, 0.3) is 0 Å². The Hall–Kier alpha value is 0.500. The topological polar surface area (TPSA) is 35.5 Å². The standard InChI is InChI=1S/C4H10O3P.C2H5Br/c1-3-6-8(5)7-4-2;1-2-3/h3-4H2,1-2H3;2H2,1H3/q+1;. The van der Waals surface area contributed by atoms with E-state index < -0.39 is 8.25 Å². The molecule has 0 amide bonds. The van der Waals surface area contributed by atoms with Crippen molar-refractivity contribution in [3.63, 3.8) is 0 Å². The Morgan fingerprint density at radius 2 is 1.45 bits per heavy atom. The Morgan fingerprint density at radius 1 is 1.18 bits per heavy atom. The van der Waals surface area contributed by atoms with E-state index in [0.29, 0.717) is 13.2 Å². The normalized spacial score (nSPS) is 8.36. The van der Waals surface area contributed by atoms with Gasteiger partial charge in [0.2, 0.25) is 0 Å². The maximum absolute atomic E-state index is 10.3. The van der Waals surface area contributed by atoms with E-state index in [4.69, 9.17) is 0 Å². The molecule has 0 aromatic rings. The number of hydrogen-bond acceptors (Lipinski definition) is 3. The van der Waals surface area contributed by atoms with Crippen molar-refractivity contribution in [2.75, 3.05) is 18.5 Å². The summed E-state index contributed by atoms with van der Waals surface area (Å²) in [5.74, 6) is 0. The number of rotatable bonds is 4. The van der Waals surface area contributed by atoms with Crippen LogP contribution in [0.4, 0.5) is 0 Å². The Morgan fingerprint density at radius 3 is 1.64 bits per heavy atom. The summed E-state index contributed by atoms with van der Waals surface area (Å²) in [5.41, 5.74) is 0. The van der Waals surface area contributed by atoms with Crippen LogP contribution in [0.5, 0.6) is 0 Å². The van der Waals surface area contributed by atoms with Crippen LogP contribution in [0, 0.1) is 0 Å². The molecule has 5 heteroatoms. The van der Waals surface area contributed by atoms with E-state index in [1.54, 1.807) is 13.8 Å². The SMILES string of the molecule is CCBr.CCO[P+](=O)OCC. The highest BCUT2D eigenvalue weighted by Crippen LogP contribution is 2.21. The van der Waals surface area contributed by atoms with Gasteiger partial charge in [-0.15, -0.1) is 9.05 Å². The average molecular weight is 246 g/mol. The van der Waals surface area contributed by atoms with Crippen LogP contribution in [0.1, 0.15) is 20.8 Å². The first-order valence-corrected chi connectivity index (χ1v) is 5.73. The van der Waals surface area contributed by atoms with Crippen molar-refractivity contribution in [1.29, 1.82) is 0 Å². The summed E-state index contributed by atoms with van der Waals surface area (Å²) < 4.78 is 19.5. The molecule has 0 aromatic heterocycles. The molecule has 0 aromatic carbocycles. The third-order valence-electron chi connectivity index (χ3n) is 0.469. The van der Waals surface area contributed by atoms with Gasteiger partial charge in [-0.05, 0) is 13.8 Å². The highest BCUT2D eigenvalue weighted by atomic mass is 79.9. The molecule has 0 radical (unpaired) electrons. The van der Waals surface area contributed by atoms with Crippen molar-refractivity contribution in [2.45, 2.75) is 20.8 Å². The summed E-state index contributed by atoms with van der Waals surface area (Å²) in [6.07, 6.45) is 0. The summed E-state index contributed by atoms with van der Waals surface area (Å²) in [4.78, 5) is 0. The third kappa shape index (κ3) is 18.0. The zero-order chi connectivity index (χ0) is 9.11. The second kappa shape index (κ2) is 13.1. The van der Waals surface area contributed by atoms with Crippen molar-refractivity contribution >= 4 is 24.2 Å². The van der Waals surface area contributed by atoms with Gasteiger partial charge in [0.15, 0.2) is 0 Å². The lowest BCUT2D eigenvalue weighted by atomic mass is 10.9. The molecule has 0 rings (SSSR count). The van der Waals surface area contributed by atoms with Gasteiger partial charge in [-0.25, -0.2) is 0 Å². The molecule has 3 nitrogen and oxygen atoms in total. The van der Waals surface area contributed by atoms with Gasteiger partial charge in [0.25, 0.3) is 0 Å². The molecular weight excluding hydrogens is 231 g/mol. The fourth-order valence-corrected chi connectivity index (χ4v) is 0.744. The smallest absolute Gasteiger partial charge is 0.119 e. The van der Waals surface area contributed by atoms with Crippen molar-refractivity contribution in [3.8, 4) is 0 Å². The monoisotopic (exact) mass is 245 g/mol. The minimum absolute atomic E-state index is 0.440. The molecule has 0 atom stereocenters. The quantitative estimate of drug-likeness (QED) is 0.564. The molecule has 0 bridgehead atoms. The third-order valence-corrected chi connectivity index (χ3v) is 1.41. The van der Waals surface area contributed by atoms with E-state index in [-0.39, 0.29) is 0 Å². The Bertz CT molecular complexity index is 81.9. The molecule has 0 aliphatic rings. The van der Waals surface area contributed by atoms with Gasteiger partial charge < -0.3 is 0 Å².